The monoisotopic (exact) mass is 310 g/mol. The van der Waals surface area contributed by atoms with Crippen molar-refractivity contribution in [1.82, 2.24) is 4.98 Å². The lowest BCUT2D eigenvalue weighted by Crippen LogP contribution is -2.24. The minimum absolute atomic E-state index is 0.0654. The van der Waals surface area contributed by atoms with Gasteiger partial charge >= 0.3 is 0 Å². The number of halogens is 2. The van der Waals surface area contributed by atoms with Crippen molar-refractivity contribution in [2.75, 3.05) is 17.3 Å². The number of hydrogen-bond donors (Lipinski definition) is 0. The summed E-state index contributed by atoms with van der Waals surface area (Å²) in [6.07, 6.45) is 0.481. The third kappa shape index (κ3) is 2.55. The van der Waals surface area contributed by atoms with Crippen LogP contribution in [-0.2, 0) is 4.79 Å². The molecule has 1 atom stereocenters. The Morgan fingerprint density at radius 2 is 2.15 bits per heavy atom. The second kappa shape index (κ2) is 5.50. The number of amides is 1. The molecular weight excluding hydrogens is 299 g/mol. The molecule has 1 aliphatic heterocycles. The van der Waals surface area contributed by atoms with E-state index in [2.05, 4.69) is 4.98 Å². The zero-order chi connectivity index (χ0) is 14.1. The number of hydrogen-bond acceptors (Lipinski definition) is 3. The molecule has 0 radical (unpaired) electrons. The van der Waals surface area contributed by atoms with Crippen LogP contribution in [0.1, 0.15) is 6.42 Å². The van der Waals surface area contributed by atoms with E-state index in [1.807, 2.05) is 5.38 Å². The number of rotatable bonds is 3. The van der Waals surface area contributed by atoms with Crippen LogP contribution >= 0.6 is 22.9 Å². The first-order valence-corrected chi connectivity index (χ1v) is 7.66. The highest BCUT2D eigenvalue weighted by atomic mass is 35.5. The van der Waals surface area contributed by atoms with Gasteiger partial charge in [-0.1, -0.05) is 0 Å². The second-order valence-corrected chi connectivity index (χ2v) is 5.90. The molecule has 3 rings (SSSR count). The molecule has 1 saturated heterocycles. The van der Waals surface area contributed by atoms with E-state index in [1.165, 1.54) is 23.5 Å². The SMILES string of the molecule is O=C1CC(CCl)CN1c1nc(-c2ccc(F)cc2)cs1. The van der Waals surface area contributed by atoms with Gasteiger partial charge in [-0.25, -0.2) is 9.37 Å². The molecule has 1 fully saturated rings. The summed E-state index contributed by atoms with van der Waals surface area (Å²) in [5, 5.41) is 2.56. The van der Waals surface area contributed by atoms with E-state index in [0.717, 1.165) is 11.3 Å². The van der Waals surface area contributed by atoms with Gasteiger partial charge in [0.25, 0.3) is 0 Å². The lowest BCUT2D eigenvalue weighted by atomic mass is 10.2. The van der Waals surface area contributed by atoms with Crippen molar-refractivity contribution >= 4 is 34.0 Å². The number of alkyl halides is 1. The van der Waals surface area contributed by atoms with Gasteiger partial charge in [-0.15, -0.1) is 22.9 Å². The van der Waals surface area contributed by atoms with E-state index in [4.69, 9.17) is 11.6 Å². The predicted molar refractivity (Wildman–Crippen MR) is 78.7 cm³/mol. The average molecular weight is 311 g/mol. The standard InChI is InChI=1S/C14H12ClFN2OS/c15-6-9-5-13(19)18(7-9)14-17-12(8-20-14)10-1-3-11(16)4-2-10/h1-4,8-9H,5-7H2. The van der Waals surface area contributed by atoms with Gasteiger partial charge in [-0.05, 0) is 30.2 Å². The lowest BCUT2D eigenvalue weighted by molar-refractivity contribution is -0.117. The first-order valence-electron chi connectivity index (χ1n) is 6.25. The maximum Gasteiger partial charge on any atom is 0.229 e. The molecule has 20 heavy (non-hydrogen) atoms. The van der Waals surface area contributed by atoms with E-state index < -0.39 is 0 Å². The summed E-state index contributed by atoms with van der Waals surface area (Å²) < 4.78 is 12.9. The fraction of sp³-hybridized carbons (Fsp3) is 0.286. The quantitative estimate of drug-likeness (QED) is 0.812. The van der Waals surface area contributed by atoms with Crippen molar-refractivity contribution in [2.45, 2.75) is 6.42 Å². The minimum Gasteiger partial charge on any atom is -0.288 e. The van der Waals surface area contributed by atoms with E-state index in [9.17, 15) is 9.18 Å². The molecule has 1 aromatic heterocycles. The number of aromatic nitrogens is 1. The Morgan fingerprint density at radius 3 is 2.80 bits per heavy atom. The van der Waals surface area contributed by atoms with Gasteiger partial charge in [0.1, 0.15) is 5.82 Å². The van der Waals surface area contributed by atoms with Crippen molar-refractivity contribution in [3.63, 3.8) is 0 Å². The topological polar surface area (TPSA) is 33.2 Å². The molecule has 0 aliphatic carbocycles. The number of anilines is 1. The highest BCUT2D eigenvalue weighted by Crippen LogP contribution is 2.31. The highest BCUT2D eigenvalue weighted by molar-refractivity contribution is 7.14. The Hall–Kier alpha value is -1.46. The molecule has 1 amide bonds. The van der Waals surface area contributed by atoms with Crippen LogP contribution in [0.3, 0.4) is 0 Å². The molecule has 2 heterocycles. The fourth-order valence-electron chi connectivity index (χ4n) is 2.21. The normalized spacial score (nSPS) is 18.8. The Bertz CT molecular complexity index is 628. The van der Waals surface area contributed by atoms with E-state index in [-0.39, 0.29) is 17.6 Å². The highest BCUT2D eigenvalue weighted by Gasteiger charge is 2.31. The largest absolute Gasteiger partial charge is 0.288 e. The minimum atomic E-state index is -0.274. The van der Waals surface area contributed by atoms with Crippen LogP contribution in [0.15, 0.2) is 29.6 Å². The van der Waals surface area contributed by atoms with E-state index >= 15 is 0 Å². The molecule has 0 N–H and O–H groups in total. The van der Waals surface area contributed by atoms with Crippen LogP contribution in [0, 0.1) is 11.7 Å². The van der Waals surface area contributed by atoms with Crippen LogP contribution < -0.4 is 4.90 Å². The third-order valence-electron chi connectivity index (χ3n) is 3.29. The molecule has 6 heteroatoms. The summed E-state index contributed by atoms with van der Waals surface area (Å²) >= 11 is 7.23. The summed E-state index contributed by atoms with van der Waals surface area (Å²) in [5.74, 6) is 0.472. The van der Waals surface area contributed by atoms with Gasteiger partial charge in [0.05, 0.1) is 5.69 Å². The zero-order valence-electron chi connectivity index (χ0n) is 10.6. The van der Waals surface area contributed by atoms with Crippen LogP contribution in [0.4, 0.5) is 9.52 Å². The Morgan fingerprint density at radius 1 is 1.40 bits per heavy atom. The predicted octanol–water partition coefficient (Wildman–Crippen LogP) is 3.54. The zero-order valence-corrected chi connectivity index (χ0v) is 12.1. The van der Waals surface area contributed by atoms with Crippen LogP contribution in [0.2, 0.25) is 0 Å². The van der Waals surface area contributed by atoms with Gasteiger partial charge in [-0.3, -0.25) is 9.69 Å². The second-order valence-electron chi connectivity index (χ2n) is 4.75. The summed E-state index contributed by atoms with van der Waals surface area (Å²) in [6.45, 7) is 0.624. The summed E-state index contributed by atoms with van der Waals surface area (Å²) in [4.78, 5) is 18.1. The molecule has 3 nitrogen and oxygen atoms in total. The summed E-state index contributed by atoms with van der Waals surface area (Å²) in [5.41, 5.74) is 1.60. The van der Waals surface area contributed by atoms with Gasteiger partial charge in [-0.2, -0.15) is 0 Å². The Balaban J connectivity index is 1.83. The van der Waals surface area contributed by atoms with Crippen molar-refractivity contribution < 1.29 is 9.18 Å². The molecule has 1 aromatic carbocycles. The smallest absolute Gasteiger partial charge is 0.229 e. The van der Waals surface area contributed by atoms with Gasteiger partial charge < -0.3 is 0 Å². The van der Waals surface area contributed by atoms with Crippen molar-refractivity contribution in [3.8, 4) is 11.3 Å². The Kier molecular flexibility index (Phi) is 3.72. The van der Waals surface area contributed by atoms with Gasteiger partial charge in [0.15, 0.2) is 5.13 Å². The summed E-state index contributed by atoms with van der Waals surface area (Å²) in [6, 6.07) is 6.17. The molecule has 1 unspecified atom stereocenters. The molecule has 0 saturated carbocycles. The lowest BCUT2D eigenvalue weighted by Gasteiger charge is -2.11. The molecule has 1 aliphatic rings. The average Bonchev–Trinajstić information content (AvgIpc) is 3.06. The molecular formula is C14H12ClFN2OS. The van der Waals surface area contributed by atoms with Crippen LogP contribution in [0.5, 0.6) is 0 Å². The maximum absolute atomic E-state index is 12.9. The Labute approximate surface area is 125 Å². The first-order chi connectivity index (χ1) is 9.67. The van der Waals surface area contributed by atoms with Crippen molar-refractivity contribution in [3.05, 3.63) is 35.5 Å². The number of thiazole rings is 1. The molecule has 2 aromatic rings. The third-order valence-corrected chi connectivity index (χ3v) is 4.59. The number of nitrogens with zero attached hydrogens (tertiary/aromatic N) is 2. The van der Waals surface area contributed by atoms with Gasteiger partial charge in [0.2, 0.25) is 5.91 Å². The molecule has 0 bridgehead atoms. The molecule has 104 valence electrons. The maximum atomic E-state index is 12.9. The van der Waals surface area contributed by atoms with E-state index in [0.29, 0.717) is 24.0 Å². The van der Waals surface area contributed by atoms with Crippen molar-refractivity contribution in [2.24, 2.45) is 5.92 Å². The molecule has 0 spiro atoms. The van der Waals surface area contributed by atoms with Crippen molar-refractivity contribution in [1.29, 1.82) is 0 Å². The number of carbonyl (C=O) groups excluding carboxylic acids is 1. The number of carbonyl (C=O) groups is 1. The first kappa shape index (κ1) is 13.5. The van der Waals surface area contributed by atoms with Crippen LogP contribution in [0.25, 0.3) is 11.3 Å². The van der Waals surface area contributed by atoms with E-state index in [1.54, 1.807) is 17.0 Å². The van der Waals surface area contributed by atoms with Gasteiger partial charge in [0, 0.05) is 29.8 Å². The van der Waals surface area contributed by atoms with Crippen LogP contribution in [-0.4, -0.2) is 23.3 Å². The fourth-order valence-corrected chi connectivity index (χ4v) is 3.28. The summed E-state index contributed by atoms with van der Waals surface area (Å²) in [7, 11) is 0. The number of benzene rings is 1.